The molecule has 7 heteroatoms. The Morgan fingerprint density at radius 1 is 1.25 bits per heavy atom. The minimum absolute atomic E-state index is 0.0658. The fourth-order valence-corrected chi connectivity index (χ4v) is 3.83. The Kier molecular flexibility index (Phi) is 4.27. The van der Waals surface area contributed by atoms with Crippen LogP contribution >= 0.6 is 27.5 Å². The van der Waals surface area contributed by atoms with Gasteiger partial charge in [-0.15, -0.1) is 0 Å². The average molecular weight is 376 g/mol. The Bertz CT molecular complexity index is 743. The van der Waals surface area contributed by atoms with Gasteiger partial charge in [-0.2, -0.15) is 0 Å². The number of hydrogen-bond acceptors (Lipinski definition) is 3. The summed E-state index contributed by atoms with van der Waals surface area (Å²) in [6, 6.07) is 9.86. The highest BCUT2D eigenvalue weighted by Crippen LogP contribution is 2.30. The highest BCUT2D eigenvalue weighted by atomic mass is 79.9. The van der Waals surface area contributed by atoms with Gasteiger partial charge in [0, 0.05) is 4.47 Å². The third kappa shape index (κ3) is 3.08. The van der Waals surface area contributed by atoms with Crippen molar-refractivity contribution in [2.45, 2.75) is 11.8 Å². The molecule has 0 atom stereocenters. The van der Waals surface area contributed by atoms with Crippen LogP contribution in [0.15, 0.2) is 45.8 Å². The monoisotopic (exact) mass is 374 g/mol. The van der Waals surface area contributed by atoms with Crippen LogP contribution in [-0.2, 0) is 10.0 Å². The van der Waals surface area contributed by atoms with E-state index in [1.807, 2.05) is 0 Å². The van der Waals surface area contributed by atoms with Crippen molar-refractivity contribution in [2.24, 2.45) is 0 Å². The van der Waals surface area contributed by atoms with Gasteiger partial charge in [-0.1, -0.05) is 39.7 Å². The lowest BCUT2D eigenvalue weighted by Crippen LogP contribution is -2.16. The second kappa shape index (κ2) is 5.63. The second-order valence-corrected chi connectivity index (χ2v) is 7.17. The Balaban J connectivity index is 2.49. The molecule has 0 heterocycles. The fourth-order valence-electron chi connectivity index (χ4n) is 1.81. The summed E-state index contributed by atoms with van der Waals surface area (Å²) in [6.45, 7) is 1.69. The molecule has 0 aliphatic rings. The zero-order chi connectivity index (χ0) is 14.9. The molecule has 20 heavy (non-hydrogen) atoms. The van der Waals surface area contributed by atoms with Crippen molar-refractivity contribution in [3.63, 3.8) is 0 Å². The number of halogens is 2. The molecular formula is C13H12BrClN2O2S. The van der Waals surface area contributed by atoms with Crippen LogP contribution in [0, 0.1) is 6.92 Å². The van der Waals surface area contributed by atoms with E-state index in [1.54, 1.807) is 43.3 Å². The maximum Gasteiger partial charge on any atom is 0.264 e. The maximum atomic E-state index is 12.4. The minimum Gasteiger partial charge on any atom is -0.398 e. The molecule has 2 aromatic rings. The summed E-state index contributed by atoms with van der Waals surface area (Å²) in [5.74, 6) is 0. The third-order valence-electron chi connectivity index (χ3n) is 2.68. The fraction of sp³-hybridized carbons (Fsp3) is 0.0769. The van der Waals surface area contributed by atoms with E-state index in [-0.39, 0.29) is 10.6 Å². The first kappa shape index (κ1) is 15.2. The van der Waals surface area contributed by atoms with E-state index in [0.29, 0.717) is 16.3 Å². The molecule has 0 saturated carbocycles. The van der Waals surface area contributed by atoms with Crippen molar-refractivity contribution in [1.29, 1.82) is 0 Å². The van der Waals surface area contributed by atoms with Crippen molar-refractivity contribution < 1.29 is 8.42 Å². The molecule has 0 radical (unpaired) electrons. The van der Waals surface area contributed by atoms with Crippen LogP contribution in [-0.4, -0.2) is 8.42 Å². The van der Waals surface area contributed by atoms with Gasteiger partial charge in [0.1, 0.15) is 4.90 Å². The highest BCUT2D eigenvalue weighted by molar-refractivity contribution is 9.10. The van der Waals surface area contributed by atoms with Gasteiger partial charge in [-0.3, -0.25) is 4.72 Å². The quantitative estimate of drug-likeness (QED) is 0.802. The van der Waals surface area contributed by atoms with Crippen LogP contribution in [0.3, 0.4) is 0 Å². The standard InChI is InChI=1S/C13H12BrClN2O2S/c1-8-3-2-4-11(16)13(8)20(18,19)17-12-7-9(14)5-6-10(12)15/h2-7,17H,16H2,1H3. The first-order valence-corrected chi connectivity index (χ1v) is 8.29. The molecule has 2 rings (SSSR count). The number of hydrogen-bond donors (Lipinski definition) is 2. The van der Waals surface area contributed by atoms with E-state index in [0.717, 1.165) is 4.47 Å². The van der Waals surface area contributed by atoms with Gasteiger partial charge in [-0.25, -0.2) is 8.42 Å². The first-order chi connectivity index (χ1) is 9.31. The Hall–Kier alpha value is -1.24. The molecule has 0 aromatic heterocycles. The zero-order valence-corrected chi connectivity index (χ0v) is 13.7. The zero-order valence-electron chi connectivity index (χ0n) is 10.5. The van der Waals surface area contributed by atoms with Gasteiger partial charge in [-0.05, 0) is 36.8 Å². The van der Waals surface area contributed by atoms with E-state index < -0.39 is 10.0 Å². The van der Waals surface area contributed by atoms with Crippen molar-refractivity contribution in [1.82, 2.24) is 0 Å². The number of aryl methyl sites for hydroxylation is 1. The number of nitrogens with one attached hydrogen (secondary N) is 1. The molecule has 2 aromatic carbocycles. The lowest BCUT2D eigenvalue weighted by atomic mass is 10.2. The van der Waals surface area contributed by atoms with Crippen molar-refractivity contribution >= 4 is 48.9 Å². The number of benzene rings is 2. The molecule has 0 aliphatic heterocycles. The minimum atomic E-state index is -3.79. The SMILES string of the molecule is Cc1cccc(N)c1S(=O)(=O)Nc1cc(Br)ccc1Cl. The summed E-state index contributed by atoms with van der Waals surface area (Å²) in [4.78, 5) is 0.0658. The first-order valence-electron chi connectivity index (χ1n) is 5.64. The topological polar surface area (TPSA) is 72.2 Å². The third-order valence-corrected chi connectivity index (χ3v) is 5.09. The molecule has 0 bridgehead atoms. The number of rotatable bonds is 3. The molecule has 3 N–H and O–H groups in total. The van der Waals surface area contributed by atoms with Gasteiger partial charge < -0.3 is 5.73 Å². The van der Waals surface area contributed by atoms with Gasteiger partial charge in [0.05, 0.1) is 16.4 Å². The van der Waals surface area contributed by atoms with Crippen LogP contribution in [0.2, 0.25) is 5.02 Å². The molecular weight excluding hydrogens is 364 g/mol. The Morgan fingerprint density at radius 3 is 2.60 bits per heavy atom. The number of anilines is 2. The summed E-state index contributed by atoms with van der Waals surface area (Å²) in [5.41, 5.74) is 6.83. The molecule has 0 aliphatic carbocycles. The van der Waals surface area contributed by atoms with Crippen LogP contribution < -0.4 is 10.5 Å². The van der Waals surface area contributed by atoms with Gasteiger partial charge >= 0.3 is 0 Å². The molecule has 106 valence electrons. The molecule has 0 saturated heterocycles. The molecule has 0 amide bonds. The van der Waals surface area contributed by atoms with Crippen molar-refractivity contribution in [2.75, 3.05) is 10.5 Å². The number of sulfonamides is 1. The van der Waals surface area contributed by atoms with E-state index >= 15 is 0 Å². The molecule has 0 unspecified atom stereocenters. The largest absolute Gasteiger partial charge is 0.398 e. The Labute approximate surface area is 131 Å². The average Bonchev–Trinajstić information content (AvgIpc) is 2.33. The highest BCUT2D eigenvalue weighted by Gasteiger charge is 2.21. The predicted molar refractivity (Wildman–Crippen MR) is 85.6 cm³/mol. The van der Waals surface area contributed by atoms with Crippen molar-refractivity contribution in [3.05, 3.63) is 51.5 Å². The lowest BCUT2D eigenvalue weighted by Gasteiger charge is -2.13. The van der Waals surface area contributed by atoms with Crippen molar-refractivity contribution in [3.8, 4) is 0 Å². The molecule has 0 spiro atoms. The summed E-state index contributed by atoms with van der Waals surface area (Å²) in [6.07, 6.45) is 0. The summed E-state index contributed by atoms with van der Waals surface area (Å²) in [5, 5.41) is 0.309. The molecule has 0 fully saturated rings. The van der Waals surface area contributed by atoms with Crippen LogP contribution in [0.25, 0.3) is 0 Å². The van der Waals surface area contributed by atoms with Crippen LogP contribution in [0.4, 0.5) is 11.4 Å². The number of nitrogen functional groups attached to an aromatic ring is 1. The van der Waals surface area contributed by atoms with E-state index in [2.05, 4.69) is 20.7 Å². The molecule has 4 nitrogen and oxygen atoms in total. The summed E-state index contributed by atoms with van der Waals surface area (Å²) >= 11 is 9.26. The smallest absolute Gasteiger partial charge is 0.264 e. The summed E-state index contributed by atoms with van der Waals surface area (Å²) < 4.78 is 28.1. The van der Waals surface area contributed by atoms with E-state index in [4.69, 9.17) is 17.3 Å². The normalized spacial score (nSPS) is 11.3. The maximum absolute atomic E-state index is 12.4. The van der Waals surface area contributed by atoms with Gasteiger partial charge in [0.25, 0.3) is 10.0 Å². The second-order valence-electron chi connectivity index (χ2n) is 4.22. The Morgan fingerprint density at radius 2 is 1.95 bits per heavy atom. The summed E-state index contributed by atoms with van der Waals surface area (Å²) in [7, 11) is -3.79. The van der Waals surface area contributed by atoms with Gasteiger partial charge in [0.2, 0.25) is 0 Å². The number of nitrogens with two attached hydrogens (primary N) is 1. The van der Waals surface area contributed by atoms with E-state index in [9.17, 15) is 8.42 Å². The van der Waals surface area contributed by atoms with Gasteiger partial charge in [0.15, 0.2) is 0 Å². The van der Waals surface area contributed by atoms with Crippen LogP contribution in [0.1, 0.15) is 5.56 Å². The van der Waals surface area contributed by atoms with E-state index in [1.165, 1.54) is 0 Å². The van der Waals surface area contributed by atoms with Crippen LogP contribution in [0.5, 0.6) is 0 Å². The lowest BCUT2D eigenvalue weighted by molar-refractivity contribution is 0.601. The predicted octanol–water partition coefficient (Wildman–Crippen LogP) is 3.79.